The lowest BCUT2D eigenvalue weighted by atomic mass is 10.2. The number of nitrogens with zero attached hydrogens (tertiary/aromatic N) is 4. The molecule has 0 fully saturated rings. The molecule has 0 amide bonds. The predicted molar refractivity (Wildman–Crippen MR) is 84.1 cm³/mol. The molecule has 4 nitrogen and oxygen atoms in total. The van der Waals surface area contributed by atoms with Crippen molar-refractivity contribution in [3.63, 3.8) is 0 Å². The van der Waals surface area contributed by atoms with Crippen LogP contribution in [-0.4, -0.2) is 20.2 Å². The molecule has 2 aromatic carbocycles. The Bertz CT molecular complexity index is 709. The number of aryl methyl sites for hydroxylation is 1. The molecule has 5 heteroatoms. The molecule has 3 rings (SSSR count). The summed E-state index contributed by atoms with van der Waals surface area (Å²) in [6.45, 7) is 2.80. The molecule has 21 heavy (non-hydrogen) atoms. The lowest BCUT2D eigenvalue weighted by Crippen LogP contribution is -2.03. The smallest absolute Gasteiger partial charge is 0.209 e. The standard InChI is InChI=1S/C16H16N4S/c1-13-6-5-9-15(10-13)12-21-16-17-18-19-20(16)11-14-7-3-2-4-8-14/h2-10H,11-12H2,1H3. The predicted octanol–water partition coefficient (Wildman–Crippen LogP) is 3.32. The van der Waals surface area contributed by atoms with E-state index in [1.807, 2.05) is 22.9 Å². The molecular weight excluding hydrogens is 280 g/mol. The quantitative estimate of drug-likeness (QED) is 0.677. The van der Waals surface area contributed by atoms with E-state index in [1.165, 1.54) is 16.7 Å². The van der Waals surface area contributed by atoms with Gasteiger partial charge in [-0.1, -0.05) is 71.9 Å². The van der Waals surface area contributed by atoms with Crippen LogP contribution in [0.2, 0.25) is 0 Å². The average molecular weight is 296 g/mol. The Morgan fingerprint density at radius 2 is 1.81 bits per heavy atom. The fourth-order valence-electron chi connectivity index (χ4n) is 2.11. The summed E-state index contributed by atoms with van der Waals surface area (Å²) in [6, 6.07) is 18.7. The highest BCUT2D eigenvalue weighted by atomic mass is 32.2. The van der Waals surface area contributed by atoms with Gasteiger partial charge in [-0.25, -0.2) is 4.68 Å². The first-order valence-electron chi connectivity index (χ1n) is 6.80. The molecule has 0 saturated carbocycles. The van der Waals surface area contributed by atoms with Crippen molar-refractivity contribution in [1.82, 2.24) is 20.2 Å². The van der Waals surface area contributed by atoms with Crippen LogP contribution in [0.3, 0.4) is 0 Å². The molecule has 0 N–H and O–H groups in total. The molecule has 3 aromatic rings. The lowest BCUT2D eigenvalue weighted by Gasteiger charge is -2.05. The summed E-state index contributed by atoms with van der Waals surface area (Å²) in [7, 11) is 0. The van der Waals surface area contributed by atoms with Crippen molar-refractivity contribution in [1.29, 1.82) is 0 Å². The second-order valence-electron chi connectivity index (χ2n) is 4.88. The number of rotatable bonds is 5. The van der Waals surface area contributed by atoms with Crippen LogP contribution < -0.4 is 0 Å². The zero-order valence-electron chi connectivity index (χ0n) is 11.8. The van der Waals surface area contributed by atoms with E-state index in [9.17, 15) is 0 Å². The minimum absolute atomic E-state index is 0.698. The normalized spacial score (nSPS) is 10.7. The van der Waals surface area contributed by atoms with Crippen LogP contribution in [-0.2, 0) is 12.3 Å². The van der Waals surface area contributed by atoms with Crippen LogP contribution in [0, 0.1) is 6.92 Å². The van der Waals surface area contributed by atoms with E-state index in [4.69, 9.17) is 0 Å². The molecule has 0 atom stereocenters. The first-order valence-corrected chi connectivity index (χ1v) is 7.78. The van der Waals surface area contributed by atoms with Gasteiger partial charge in [0.15, 0.2) is 0 Å². The highest BCUT2D eigenvalue weighted by Gasteiger charge is 2.07. The summed E-state index contributed by atoms with van der Waals surface area (Å²) in [5.74, 6) is 0.872. The summed E-state index contributed by atoms with van der Waals surface area (Å²) in [5, 5.41) is 12.8. The Balaban J connectivity index is 1.68. The van der Waals surface area contributed by atoms with Crippen molar-refractivity contribution >= 4 is 11.8 Å². The number of benzene rings is 2. The Morgan fingerprint density at radius 3 is 2.62 bits per heavy atom. The monoisotopic (exact) mass is 296 g/mol. The van der Waals surface area contributed by atoms with Crippen LogP contribution in [0.4, 0.5) is 0 Å². The minimum Gasteiger partial charge on any atom is -0.216 e. The summed E-state index contributed by atoms with van der Waals surface area (Å²) >= 11 is 1.66. The van der Waals surface area contributed by atoms with Gasteiger partial charge in [0.2, 0.25) is 5.16 Å². The van der Waals surface area contributed by atoms with Crippen molar-refractivity contribution in [3.8, 4) is 0 Å². The van der Waals surface area contributed by atoms with Gasteiger partial charge in [0.05, 0.1) is 6.54 Å². The molecule has 106 valence electrons. The van der Waals surface area contributed by atoms with Crippen LogP contribution >= 0.6 is 11.8 Å². The van der Waals surface area contributed by atoms with E-state index in [-0.39, 0.29) is 0 Å². The van der Waals surface area contributed by atoms with Crippen LogP contribution in [0.1, 0.15) is 16.7 Å². The maximum absolute atomic E-state index is 4.11. The summed E-state index contributed by atoms with van der Waals surface area (Å²) in [5.41, 5.74) is 3.76. The average Bonchev–Trinajstić information content (AvgIpc) is 2.93. The number of thioether (sulfide) groups is 1. The number of aromatic nitrogens is 4. The van der Waals surface area contributed by atoms with Gasteiger partial charge in [-0.15, -0.1) is 5.10 Å². The molecule has 0 unspecified atom stereocenters. The van der Waals surface area contributed by atoms with Gasteiger partial charge < -0.3 is 0 Å². The molecule has 0 radical (unpaired) electrons. The minimum atomic E-state index is 0.698. The molecule has 0 aliphatic carbocycles. The van der Waals surface area contributed by atoms with Gasteiger partial charge >= 0.3 is 0 Å². The Hall–Kier alpha value is -2.14. The first-order chi connectivity index (χ1) is 10.3. The number of hydrogen-bond acceptors (Lipinski definition) is 4. The fourth-order valence-corrected chi connectivity index (χ4v) is 2.92. The largest absolute Gasteiger partial charge is 0.216 e. The van der Waals surface area contributed by atoms with Crippen LogP contribution in [0.15, 0.2) is 59.8 Å². The fraction of sp³-hybridized carbons (Fsp3) is 0.188. The van der Waals surface area contributed by atoms with Crippen molar-refractivity contribution in [3.05, 3.63) is 71.3 Å². The molecule has 0 bridgehead atoms. The third-order valence-corrected chi connectivity index (χ3v) is 4.15. The van der Waals surface area contributed by atoms with E-state index in [1.54, 1.807) is 11.8 Å². The molecule has 0 aliphatic heterocycles. The summed E-state index contributed by atoms with van der Waals surface area (Å²) < 4.78 is 1.84. The molecule has 0 aliphatic rings. The van der Waals surface area contributed by atoms with E-state index in [0.717, 1.165) is 10.9 Å². The number of tetrazole rings is 1. The maximum atomic E-state index is 4.11. The van der Waals surface area contributed by atoms with Gasteiger partial charge in [0.25, 0.3) is 0 Å². The lowest BCUT2D eigenvalue weighted by molar-refractivity contribution is 0.603. The second-order valence-corrected chi connectivity index (χ2v) is 5.82. The third-order valence-electron chi connectivity index (χ3n) is 3.12. The maximum Gasteiger partial charge on any atom is 0.209 e. The Labute approximate surface area is 128 Å². The zero-order valence-corrected chi connectivity index (χ0v) is 12.6. The molecule has 1 aromatic heterocycles. The van der Waals surface area contributed by atoms with Gasteiger partial charge in [0, 0.05) is 5.75 Å². The van der Waals surface area contributed by atoms with E-state index >= 15 is 0 Å². The zero-order chi connectivity index (χ0) is 14.5. The van der Waals surface area contributed by atoms with Gasteiger partial charge in [-0.2, -0.15) is 0 Å². The molecule has 1 heterocycles. The van der Waals surface area contributed by atoms with Crippen LogP contribution in [0.25, 0.3) is 0 Å². The van der Waals surface area contributed by atoms with Crippen molar-refractivity contribution in [2.24, 2.45) is 0 Å². The number of hydrogen-bond donors (Lipinski definition) is 0. The summed E-state index contributed by atoms with van der Waals surface area (Å²) in [4.78, 5) is 0. The first kappa shape index (κ1) is 13.8. The molecule has 0 saturated heterocycles. The molecule has 0 spiro atoms. The van der Waals surface area contributed by atoms with Crippen LogP contribution in [0.5, 0.6) is 0 Å². The van der Waals surface area contributed by atoms with E-state index in [2.05, 4.69) is 58.8 Å². The van der Waals surface area contributed by atoms with Crippen molar-refractivity contribution in [2.45, 2.75) is 24.4 Å². The summed E-state index contributed by atoms with van der Waals surface area (Å²) in [6.07, 6.45) is 0. The highest BCUT2D eigenvalue weighted by Crippen LogP contribution is 2.21. The Kier molecular flexibility index (Phi) is 4.31. The van der Waals surface area contributed by atoms with Crippen molar-refractivity contribution < 1.29 is 0 Å². The Morgan fingerprint density at radius 1 is 1.00 bits per heavy atom. The SMILES string of the molecule is Cc1cccc(CSc2nnnn2Cc2ccccc2)c1. The highest BCUT2D eigenvalue weighted by molar-refractivity contribution is 7.98. The second kappa shape index (κ2) is 6.54. The van der Waals surface area contributed by atoms with Gasteiger partial charge in [-0.05, 0) is 28.5 Å². The van der Waals surface area contributed by atoms with Crippen molar-refractivity contribution in [2.75, 3.05) is 0 Å². The van der Waals surface area contributed by atoms with E-state index in [0.29, 0.717) is 6.54 Å². The molecular formula is C16H16N4S. The topological polar surface area (TPSA) is 43.6 Å². The van der Waals surface area contributed by atoms with Gasteiger partial charge in [0.1, 0.15) is 0 Å². The van der Waals surface area contributed by atoms with E-state index < -0.39 is 0 Å². The third kappa shape index (κ3) is 3.70. The van der Waals surface area contributed by atoms with Gasteiger partial charge in [-0.3, -0.25) is 0 Å².